The molecule has 0 saturated carbocycles. The van der Waals surface area contributed by atoms with Crippen molar-refractivity contribution in [3.8, 4) is 5.75 Å². The van der Waals surface area contributed by atoms with Gasteiger partial charge in [0.1, 0.15) is 5.75 Å². The van der Waals surface area contributed by atoms with Crippen LogP contribution < -0.4 is 10.1 Å². The van der Waals surface area contributed by atoms with Crippen LogP contribution in [0.4, 0.5) is 0 Å². The molecule has 1 heterocycles. The maximum Gasteiger partial charge on any atom is 0.251 e. The highest BCUT2D eigenvalue weighted by Gasteiger charge is 2.09. The van der Waals surface area contributed by atoms with E-state index in [2.05, 4.69) is 37.2 Å². The number of amides is 1. The van der Waals surface area contributed by atoms with Gasteiger partial charge in [-0.25, -0.2) is 0 Å². The molecule has 0 aliphatic carbocycles. The lowest BCUT2D eigenvalue weighted by Gasteiger charge is -2.07. The fourth-order valence-corrected chi connectivity index (χ4v) is 3.45. The molecular weight excluding hydrogens is 394 g/mol. The minimum atomic E-state index is -0.104. The van der Waals surface area contributed by atoms with Crippen LogP contribution in [0.1, 0.15) is 15.2 Å². The molecule has 0 bridgehead atoms. The van der Waals surface area contributed by atoms with Crippen LogP contribution in [0, 0.1) is 0 Å². The van der Waals surface area contributed by atoms with Gasteiger partial charge < -0.3 is 10.1 Å². The Bertz CT molecular complexity index is 598. The lowest BCUT2D eigenvalue weighted by Crippen LogP contribution is -2.22. The van der Waals surface area contributed by atoms with E-state index in [1.165, 1.54) is 0 Å². The van der Waals surface area contributed by atoms with Gasteiger partial charge in [-0.3, -0.25) is 4.79 Å². The summed E-state index contributed by atoms with van der Waals surface area (Å²) in [6.07, 6.45) is 0. The fraction of sp³-hybridized carbons (Fsp3) is 0.154. The minimum Gasteiger partial charge on any atom is -0.496 e. The van der Waals surface area contributed by atoms with Crippen LogP contribution in [0.2, 0.25) is 0 Å². The van der Waals surface area contributed by atoms with E-state index in [1.807, 2.05) is 11.4 Å². The van der Waals surface area contributed by atoms with Crippen LogP contribution >= 0.6 is 43.2 Å². The number of carbonyl (C=O) groups is 1. The van der Waals surface area contributed by atoms with Gasteiger partial charge in [-0.1, -0.05) is 0 Å². The Morgan fingerprint density at radius 1 is 1.37 bits per heavy atom. The van der Waals surface area contributed by atoms with E-state index < -0.39 is 0 Å². The summed E-state index contributed by atoms with van der Waals surface area (Å²) in [7, 11) is 1.59. The molecular formula is C13H11Br2NO2S. The Morgan fingerprint density at radius 2 is 2.16 bits per heavy atom. The molecule has 0 saturated heterocycles. The second-order valence-electron chi connectivity index (χ2n) is 3.76. The van der Waals surface area contributed by atoms with Crippen molar-refractivity contribution in [2.75, 3.05) is 7.11 Å². The molecule has 2 aromatic rings. The first-order chi connectivity index (χ1) is 9.10. The van der Waals surface area contributed by atoms with Gasteiger partial charge in [0, 0.05) is 20.3 Å². The molecule has 19 heavy (non-hydrogen) atoms. The Kier molecular flexibility index (Phi) is 5.01. The predicted molar refractivity (Wildman–Crippen MR) is 83.9 cm³/mol. The zero-order valence-corrected chi connectivity index (χ0v) is 14.1. The van der Waals surface area contributed by atoms with Gasteiger partial charge in [-0.05, 0) is 56.1 Å². The van der Waals surface area contributed by atoms with Gasteiger partial charge in [-0.2, -0.15) is 0 Å². The molecule has 0 spiro atoms. The molecule has 0 fully saturated rings. The summed E-state index contributed by atoms with van der Waals surface area (Å²) >= 11 is 8.36. The molecule has 1 aromatic heterocycles. The van der Waals surface area contributed by atoms with Crippen LogP contribution in [0.5, 0.6) is 5.75 Å². The van der Waals surface area contributed by atoms with E-state index in [-0.39, 0.29) is 5.91 Å². The van der Waals surface area contributed by atoms with E-state index in [9.17, 15) is 4.79 Å². The highest BCUT2D eigenvalue weighted by Crippen LogP contribution is 2.25. The minimum absolute atomic E-state index is 0.104. The van der Waals surface area contributed by atoms with Crippen molar-refractivity contribution in [1.82, 2.24) is 5.32 Å². The molecule has 0 aliphatic rings. The van der Waals surface area contributed by atoms with E-state index in [4.69, 9.17) is 4.74 Å². The van der Waals surface area contributed by atoms with Crippen LogP contribution in [0.3, 0.4) is 0 Å². The fourth-order valence-electron chi connectivity index (χ4n) is 1.52. The number of methoxy groups -OCH3 is 1. The maximum atomic E-state index is 12.0. The summed E-state index contributed by atoms with van der Waals surface area (Å²) in [5.74, 6) is 0.603. The van der Waals surface area contributed by atoms with Crippen LogP contribution in [-0.4, -0.2) is 13.0 Å². The van der Waals surface area contributed by atoms with Crippen LogP contribution in [-0.2, 0) is 6.54 Å². The third kappa shape index (κ3) is 3.81. The number of rotatable bonds is 4. The second-order valence-corrected chi connectivity index (χ2v) is 6.53. The van der Waals surface area contributed by atoms with Crippen molar-refractivity contribution in [2.45, 2.75) is 6.54 Å². The lowest BCUT2D eigenvalue weighted by molar-refractivity contribution is 0.0951. The first kappa shape index (κ1) is 14.6. The van der Waals surface area contributed by atoms with Gasteiger partial charge in [0.2, 0.25) is 0 Å². The van der Waals surface area contributed by atoms with E-state index >= 15 is 0 Å². The topological polar surface area (TPSA) is 38.3 Å². The summed E-state index contributed by atoms with van der Waals surface area (Å²) < 4.78 is 6.93. The highest BCUT2D eigenvalue weighted by molar-refractivity contribution is 9.10. The van der Waals surface area contributed by atoms with E-state index in [0.717, 1.165) is 13.8 Å². The molecule has 0 unspecified atom stereocenters. The molecule has 0 atom stereocenters. The largest absolute Gasteiger partial charge is 0.496 e. The van der Waals surface area contributed by atoms with Crippen molar-refractivity contribution in [3.05, 3.63) is 49.0 Å². The number of hydrogen-bond donors (Lipinski definition) is 1. The number of benzene rings is 1. The third-order valence-electron chi connectivity index (χ3n) is 2.46. The van der Waals surface area contributed by atoms with Crippen molar-refractivity contribution in [3.63, 3.8) is 0 Å². The molecule has 0 radical (unpaired) electrons. The Morgan fingerprint density at radius 3 is 2.74 bits per heavy atom. The van der Waals surface area contributed by atoms with Crippen molar-refractivity contribution < 1.29 is 9.53 Å². The van der Waals surface area contributed by atoms with Crippen molar-refractivity contribution in [1.29, 1.82) is 0 Å². The Balaban J connectivity index is 2.01. The van der Waals surface area contributed by atoms with Gasteiger partial charge >= 0.3 is 0 Å². The first-order valence-electron chi connectivity index (χ1n) is 5.45. The SMILES string of the molecule is COc1ccc(C(=O)NCc2cc(Br)cs2)cc1Br. The van der Waals surface area contributed by atoms with Crippen molar-refractivity contribution in [2.24, 2.45) is 0 Å². The summed E-state index contributed by atoms with van der Waals surface area (Å²) in [6.45, 7) is 0.527. The van der Waals surface area contributed by atoms with Gasteiger partial charge in [0.05, 0.1) is 18.1 Å². The maximum absolute atomic E-state index is 12.0. The summed E-state index contributed by atoms with van der Waals surface area (Å²) in [6, 6.07) is 7.25. The van der Waals surface area contributed by atoms with Crippen molar-refractivity contribution >= 4 is 49.1 Å². The molecule has 1 N–H and O–H groups in total. The average Bonchev–Trinajstić information content (AvgIpc) is 2.81. The highest BCUT2D eigenvalue weighted by atomic mass is 79.9. The molecule has 1 aromatic carbocycles. The number of hydrogen-bond acceptors (Lipinski definition) is 3. The third-order valence-corrected chi connectivity index (χ3v) is 4.78. The van der Waals surface area contributed by atoms with Crippen LogP contribution in [0.25, 0.3) is 0 Å². The molecule has 0 aliphatic heterocycles. The summed E-state index contributed by atoms with van der Waals surface area (Å²) in [5, 5.41) is 4.87. The molecule has 100 valence electrons. The van der Waals surface area contributed by atoms with E-state index in [1.54, 1.807) is 36.6 Å². The Labute approximate surface area is 132 Å². The van der Waals surface area contributed by atoms with Gasteiger partial charge in [-0.15, -0.1) is 11.3 Å². The van der Waals surface area contributed by atoms with Gasteiger partial charge in [0.25, 0.3) is 5.91 Å². The molecule has 3 nitrogen and oxygen atoms in total. The van der Waals surface area contributed by atoms with Gasteiger partial charge in [0.15, 0.2) is 0 Å². The normalized spacial score (nSPS) is 10.3. The second kappa shape index (κ2) is 6.54. The Hall–Kier alpha value is -0.850. The average molecular weight is 405 g/mol. The number of nitrogens with one attached hydrogen (secondary N) is 1. The quantitative estimate of drug-likeness (QED) is 0.828. The number of halogens is 2. The molecule has 1 amide bonds. The molecule has 2 rings (SSSR count). The summed E-state index contributed by atoms with van der Waals surface area (Å²) in [4.78, 5) is 13.1. The van der Waals surface area contributed by atoms with E-state index in [0.29, 0.717) is 17.9 Å². The summed E-state index contributed by atoms with van der Waals surface area (Å²) in [5.41, 5.74) is 0.600. The molecule has 6 heteroatoms. The predicted octanol–water partition coefficient (Wildman–Crippen LogP) is 4.21. The monoisotopic (exact) mass is 403 g/mol. The number of thiophene rings is 1. The smallest absolute Gasteiger partial charge is 0.251 e. The number of ether oxygens (including phenoxy) is 1. The standard InChI is InChI=1S/C13H11Br2NO2S/c1-18-12-3-2-8(4-11(12)15)13(17)16-6-10-5-9(14)7-19-10/h2-5,7H,6H2,1H3,(H,16,17). The van der Waals surface area contributed by atoms with Crippen LogP contribution in [0.15, 0.2) is 38.6 Å². The number of carbonyl (C=O) groups excluding carboxylic acids is 1. The zero-order chi connectivity index (χ0) is 13.8. The zero-order valence-electron chi connectivity index (χ0n) is 10.1. The first-order valence-corrected chi connectivity index (χ1v) is 7.91. The lowest BCUT2D eigenvalue weighted by atomic mass is 10.2.